The minimum atomic E-state index is 0.861. The van der Waals surface area contributed by atoms with Gasteiger partial charge in [0.25, 0.3) is 0 Å². The van der Waals surface area contributed by atoms with Crippen LogP contribution < -0.4 is 5.32 Å². The number of hydrogen-bond acceptors (Lipinski definition) is 3. The Bertz CT molecular complexity index is 792. The minimum Gasteiger partial charge on any atom is -0.340 e. The van der Waals surface area contributed by atoms with Gasteiger partial charge in [-0.15, -0.1) is 0 Å². The van der Waals surface area contributed by atoms with Crippen LogP contribution in [0.5, 0.6) is 0 Å². The first kappa shape index (κ1) is 13.1. The molecule has 3 aromatic rings. The van der Waals surface area contributed by atoms with E-state index in [4.69, 9.17) is 0 Å². The highest BCUT2D eigenvalue weighted by Gasteiger charge is 2.06. The van der Waals surface area contributed by atoms with E-state index in [1.807, 2.05) is 39.1 Å². The Morgan fingerprint density at radius 1 is 1.20 bits per heavy atom. The maximum absolute atomic E-state index is 4.55. The van der Waals surface area contributed by atoms with Crippen LogP contribution in [0.1, 0.15) is 11.4 Å². The molecule has 2 aromatic heterocycles. The molecule has 1 N–H and O–H groups in total. The molecular formula is C15H15BrN4. The molecule has 0 amide bonds. The number of benzene rings is 1. The summed E-state index contributed by atoms with van der Waals surface area (Å²) in [7, 11) is 2.03. The molecule has 0 spiro atoms. The second-order valence-electron chi connectivity index (χ2n) is 4.87. The average molecular weight is 331 g/mol. The van der Waals surface area contributed by atoms with Crippen molar-refractivity contribution in [2.45, 2.75) is 13.8 Å². The third-order valence-electron chi connectivity index (χ3n) is 3.41. The molecule has 3 rings (SSSR count). The largest absolute Gasteiger partial charge is 0.340 e. The maximum Gasteiger partial charge on any atom is 0.133 e. The van der Waals surface area contributed by atoms with Crippen molar-refractivity contribution >= 4 is 38.5 Å². The van der Waals surface area contributed by atoms with Gasteiger partial charge in [0.05, 0.1) is 11.0 Å². The Kier molecular flexibility index (Phi) is 3.22. The van der Waals surface area contributed by atoms with Gasteiger partial charge in [-0.3, -0.25) is 0 Å². The molecule has 0 saturated carbocycles. The molecule has 0 aliphatic heterocycles. The van der Waals surface area contributed by atoms with Gasteiger partial charge in [-0.1, -0.05) is 0 Å². The van der Waals surface area contributed by atoms with Gasteiger partial charge >= 0.3 is 0 Å². The molecule has 5 heteroatoms. The highest BCUT2D eigenvalue weighted by atomic mass is 79.9. The number of aromatic nitrogens is 3. The number of fused-ring (bicyclic) bond motifs is 1. The van der Waals surface area contributed by atoms with Crippen molar-refractivity contribution < 1.29 is 0 Å². The standard InChI is InChI=1S/C15H15BrN4/c1-9-6-11(16)8-17-15(9)19-12-4-5-14-13(7-12)18-10(2)20(14)3/h4-8H,1-3H3,(H,17,19). The van der Waals surface area contributed by atoms with Gasteiger partial charge in [-0.2, -0.15) is 0 Å². The smallest absolute Gasteiger partial charge is 0.133 e. The predicted octanol–water partition coefficient (Wildman–Crippen LogP) is 4.09. The van der Waals surface area contributed by atoms with Gasteiger partial charge < -0.3 is 9.88 Å². The Labute approximate surface area is 126 Å². The monoisotopic (exact) mass is 330 g/mol. The third kappa shape index (κ3) is 2.29. The first-order chi connectivity index (χ1) is 9.54. The zero-order chi connectivity index (χ0) is 14.3. The van der Waals surface area contributed by atoms with Crippen LogP contribution in [-0.2, 0) is 7.05 Å². The molecule has 2 heterocycles. The number of nitrogens with one attached hydrogen (secondary N) is 1. The number of pyridine rings is 1. The Morgan fingerprint density at radius 2 is 2.00 bits per heavy atom. The van der Waals surface area contributed by atoms with E-state index >= 15 is 0 Å². The van der Waals surface area contributed by atoms with Crippen LogP contribution in [0, 0.1) is 13.8 Å². The normalized spacial score (nSPS) is 11.0. The summed E-state index contributed by atoms with van der Waals surface area (Å²) in [4.78, 5) is 8.94. The first-order valence-electron chi connectivity index (χ1n) is 6.37. The van der Waals surface area contributed by atoms with E-state index in [0.29, 0.717) is 0 Å². The fourth-order valence-electron chi connectivity index (χ4n) is 2.21. The number of aryl methyl sites for hydroxylation is 3. The van der Waals surface area contributed by atoms with Crippen LogP contribution in [0.15, 0.2) is 34.9 Å². The maximum atomic E-state index is 4.55. The molecule has 0 bridgehead atoms. The molecular weight excluding hydrogens is 316 g/mol. The van der Waals surface area contributed by atoms with Crippen LogP contribution in [0.4, 0.5) is 11.5 Å². The lowest BCUT2D eigenvalue weighted by Gasteiger charge is -2.08. The van der Waals surface area contributed by atoms with Crippen molar-refractivity contribution in [3.05, 3.63) is 46.3 Å². The quantitative estimate of drug-likeness (QED) is 0.769. The van der Waals surface area contributed by atoms with Crippen molar-refractivity contribution in [2.75, 3.05) is 5.32 Å². The number of hydrogen-bond donors (Lipinski definition) is 1. The number of halogens is 1. The van der Waals surface area contributed by atoms with Gasteiger partial charge in [-0.25, -0.2) is 9.97 Å². The van der Waals surface area contributed by atoms with Crippen LogP contribution in [-0.4, -0.2) is 14.5 Å². The molecule has 0 fully saturated rings. The van der Waals surface area contributed by atoms with E-state index in [1.165, 1.54) is 0 Å². The zero-order valence-electron chi connectivity index (χ0n) is 11.6. The molecule has 0 atom stereocenters. The summed E-state index contributed by atoms with van der Waals surface area (Å²) in [6, 6.07) is 8.21. The van der Waals surface area contributed by atoms with E-state index in [0.717, 1.165) is 38.4 Å². The SMILES string of the molecule is Cc1cc(Br)cnc1Nc1ccc2c(c1)nc(C)n2C. The van der Waals surface area contributed by atoms with E-state index in [9.17, 15) is 0 Å². The molecule has 0 unspecified atom stereocenters. The second kappa shape index (κ2) is 4.90. The number of anilines is 2. The summed E-state index contributed by atoms with van der Waals surface area (Å²) < 4.78 is 3.07. The minimum absolute atomic E-state index is 0.861. The predicted molar refractivity (Wildman–Crippen MR) is 85.4 cm³/mol. The van der Waals surface area contributed by atoms with Crippen molar-refractivity contribution in [3.8, 4) is 0 Å². The van der Waals surface area contributed by atoms with E-state index in [2.05, 4.69) is 41.8 Å². The van der Waals surface area contributed by atoms with Crippen molar-refractivity contribution in [1.29, 1.82) is 0 Å². The van der Waals surface area contributed by atoms with Gasteiger partial charge in [-0.05, 0) is 59.6 Å². The van der Waals surface area contributed by atoms with Gasteiger partial charge in [0, 0.05) is 23.4 Å². The number of nitrogens with zero attached hydrogens (tertiary/aromatic N) is 3. The van der Waals surface area contributed by atoms with Crippen LogP contribution >= 0.6 is 15.9 Å². The lowest BCUT2D eigenvalue weighted by Crippen LogP contribution is -1.96. The van der Waals surface area contributed by atoms with E-state index in [1.54, 1.807) is 6.20 Å². The topological polar surface area (TPSA) is 42.7 Å². The summed E-state index contributed by atoms with van der Waals surface area (Å²) in [5.41, 5.74) is 4.21. The molecule has 1 aromatic carbocycles. The first-order valence-corrected chi connectivity index (χ1v) is 7.16. The molecule has 4 nitrogen and oxygen atoms in total. The molecule has 0 radical (unpaired) electrons. The molecule has 0 aliphatic rings. The molecule has 0 saturated heterocycles. The fourth-order valence-corrected chi connectivity index (χ4v) is 2.65. The van der Waals surface area contributed by atoms with Crippen molar-refractivity contribution in [2.24, 2.45) is 7.05 Å². The van der Waals surface area contributed by atoms with Crippen LogP contribution in [0.3, 0.4) is 0 Å². The Hall–Kier alpha value is -1.88. The van der Waals surface area contributed by atoms with Crippen LogP contribution in [0.25, 0.3) is 11.0 Å². The lowest BCUT2D eigenvalue weighted by atomic mass is 10.2. The van der Waals surface area contributed by atoms with E-state index < -0.39 is 0 Å². The number of imidazole rings is 1. The Balaban J connectivity index is 1.98. The summed E-state index contributed by atoms with van der Waals surface area (Å²) in [5, 5.41) is 3.34. The second-order valence-corrected chi connectivity index (χ2v) is 5.78. The highest BCUT2D eigenvalue weighted by molar-refractivity contribution is 9.10. The van der Waals surface area contributed by atoms with Gasteiger partial charge in [0.15, 0.2) is 0 Å². The molecule has 0 aliphatic carbocycles. The van der Waals surface area contributed by atoms with Gasteiger partial charge in [0.2, 0.25) is 0 Å². The lowest BCUT2D eigenvalue weighted by molar-refractivity contribution is 0.886. The highest BCUT2D eigenvalue weighted by Crippen LogP contribution is 2.24. The molecule has 20 heavy (non-hydrogen) atoms. The fraction of sp³-hybridized carbons (Fsp3) is 0.200. The van der Waals surface area contributed by atoms with E-state index in [-0.39, 0.29) is 0 Å². The summed E-state index contributed by atoms with van der Waals surface area (Å²) >= 11 is 3.42. The third-order valence-corrected chi connectivity index (χ3v) is 3.85. The van der Waals surface area contributed by atoms with Crippen molar-refractivity contribution in [1.82, 2.24) is 14.5 Å². The van der Waals surface area contributed by atoms with Crippen LogP contribution in [0.2, 0.25) is 0 Å². The summed E-state index contributed by atoms with van der Waals surface area (Å²) in [6.45, 7) is 4.04. The zero-order valence-corrected chi connectivity index (χ0v) is 13.2. The average Bonchev–Trinajstić information content (AvgIpc) is 2.68. The van der Waals surface area contributed by atoms with Gasteiger partial charge in [0.1, 0.15) is 11.6 Å². The number of rotatable bonds is 2. The Morgan fingerprint density at radius 3 is 2.75 bits per heavy atom. The summed E-state index contributed by atoms with van der Waals surface area (Å²) in [6.07, 6.45) is 1.79. The summed E-state index contributed by atoms with van der Waals surface area (Å²) in [5.74, 6) is 1.87. The van der Waals surface area contributed by atoms with Crippen molar-refractivity contribution in [3.63, 3.8) is 0 Å². The molecule has 102 valence electrons.